The molecule has 1 aromatic carbocycles. The van der Waals surface area contributed by atoms with Gasteiger partial charge >= 0.3 is 0 Å². The second-order valence-corrected chi connectivity index (χ2v) is 3.50. The molecule has 0 spiro atoms. The summed E-state index contributed by atoms with van der Waals surface area (Å²) in [4.78, 5) is 11.3. The maximum Gasteiger partial charge on any atom is 0.252 e. The van der Waals surface area contributed by atoms with E-state index in [0.717, 1.165) is 24.8 Å². The Kier molecular flexibility index (Phi) is 2.15. The molecule has 1 aromatic rings. The predicted molar refractivity (Wildman–Crippen MR) is 53.5 cm³/mol. The van der Waals surface area contributed by atoms with Crippen molar-refractivity contribution in [3.8, 4) is 5.75 Å². The largest absolute Gasteiger partial charge is 0.496 e. The third kappa shape index (κ3) is 1.25. The van der Waals surface area contributed by atoms with Crippen LogP contribution in [0.3, 0.4) is 0 Å². The number of ether oxygens (including phenoxy) is 1. The molecule has 0 saturated carbocycles. The van der Waals surface area contributed by atoms with E-state index in [4.69, 9.17) is 10.5 Å². The van der Waals surface area contributed by atoms with Crippen molar-refractivity contribution in [1.29, 1.82) is 0 Å². The van der Waals surface area contributed by atoms with Gasteiger partial charge in [0, 0.05) is 0 Å². The van der Waals surface area contributed by atoms with E-state index in [1.54, 1.807) is 7.11 Å². The van der Waals surface area contributed by atoms with Gasteiger partial charge < -0.3 is 10.5 Å². The molecule has 0 bridgehead atoms. The third-order valence-corrected chi connectivity index (χ3v) is 2.71. The summed E-state index contributed by atoms with van der Waals surface area (Å²) in [5.41, 5.74) is 8.23. The van der Waals surface area contributed by atoms with Crippen molar-refractivity contribution in [3.63, 3.8) is 0 Å². The average Bonchev–Trinajstić information content (AvgIpc) is 2.62. The molecule has 1 amide bonds. The molecular weight excluding hydrogens is 178 g/mol. The monoisotopic (exact) mass is 191 g/mol. The van der Waals surface area contributed by atoms with E-state index in [2.05, 4.69) is 0 Å². The predicted octanol–water partition coefficient (Wildman–Crippen LogP) is 1.28. The fraction of sp³-hybridized carbons (Fsp3) is 0.364. The molecule has 74 valence electrons. The number of benzene rings is 1. The van der Waals surface area contributed by atoms with Gasteiger partial charge in [0.15, 0.2) is 0 Å². The molecule has 3 nitrogen and oxygen atoms in total. The number of carbonyl (C=O) groups excluding carboxylic acids is 1. The summed E-state index contributed by atoms with van der Waals surface area (Å²) in [6, 6.07) is 3.85. The van der Waals surface area contributed by atoms with Gasteiger partial charge in [-0.05, 0) is 36.5 Å². The van der Waals surface area contributed by atoms with E-state index in [-0.39, 0.29) is 5.91 Å². The Labute approximate surface area is 82.9 Å². The van der Waals surface area contributed by atoms with Crippen LogP contribution in [-0.2, 0) is 12.8 Å². The van der Waals surface area contributed by atoms with Crippen molar-refractivity contribution in [1.82, 2.24) is 0 Å². The standard InChI is InChI=1S/C11H13NO2/c1-14-9-6-5-7-3-2-4-8(7)10(9)11(12)13/h5-6H,2-4H2,1H3,(H2,12,13). The van der Waals surface area contributed by atoms with Crippen LogP contribution in [0.15, 0.2) is 12.1 Å². The highest BCUT2D eigenvalue weighted by Gasteiger charge is 2.21. The number of nitrogens with two attached hydrogens (primary N) is 1. The van der Waals surface area contributed by atoms with Crippen molar-refractivity contribution >= 4 is 5.91 Å². The van der Waals surface area contributed by atoms with Gasteiger partial charge in [0.2, 0.25) is 0 Å². The van der Waals surface area contributed by atoms with Crippen molar-refractivity contribution in [2.45, 2.75) is 19.3 Å². The summed E-state index contributed by atoms with van der Waals surface area (Å²) in [5.74, 6) is 0.207. The van der Waals surface area contributed by atoms with E-state index in [0.29, 0.717) is 11.3 Å². The molecule has 2 rings (SSSR count). The molecule has 0 fully saturated rings. The minimum Gasteiger partial charge on any atom is -0.496 e. The molecule has 2 N–H and O–H groups in total. The van der Waals surface area contributed by atoms with Crippen molar-refractivity contribution < 1.29 is 9.53 Å². The van der Waals surface area contributed by atoms with Gasteiger partial charge in [0.25, 0.3) is 5.91 Å². The summed E-state index contributed by atoms with van der Waals surface area (Å²) < 4.78 is 5.13. The van der Waals surface area contributed by atoms with Crippen molar-refractivity contribution in [2.24, 2.45) is 5.73 Å². The molecule has 1 aliphatic rings. The van der Waals surface area contributed by atoms with E-state index in [1.165, 1.54) is 5.56 Å². The van der Waals surface area contributed by atoms with Crippen LogP contribution in [0.1, 0.15) is 27.9 Å². The SMILES string of the molecule is COc1ccc2c(c1C(N)=O)CCC2. The van der Waals surface area contributed by atoms with Crippen LogP contribution in [0, 0.1) is 0 Å². The summed E-state index contributed by atoms with van der Waals surface area (Å²) in [6.07, 6.45) is 3.08. The quantitative estimate of drug-likeness (QED) is 0.765. The maximum absolute atomic E-state index is 11.3. The highest BCUT2D eigenvalue weighted by Crippen LogP contribution is 2.31. The summed E-state index contributed by atoms with van der Waals surface area (Å²) in [7, 11) is 1.56. The summed E-state index contributed by atoms with van der Waals surface area (Å²) in [5, 5.41) is 0. The Morgan fingerprint density at radius 3 is 2.86 bits per heavy atom. The highest BCUT2D eigenvalue weighted by atomic mass is 16.5. The van der Waals surface area contributed by atoms with Crippen LogP contribution in [-0.4, -0.2) is 13.0 Å². The molecule has 0 saturated heterocycles. The molecule has 0 radical (unpaired) electrons. The zero-order chi connectivity index (χ0) is 10.1. The first-order valence-corrected chi connectivity index (χ1v) is 4.72. The fourth-order valence-electron chi connectivity index (χ4n) is 2.09. The lowest BCUT2D eigenvalue weighted by atomic mass is 10.0. The molecule has 14 heavy (non-hydrogen) atoms. The van der Waals surface area contributed by atoms with Gasteiger partial charge in [-0.1, -0.05) is 6.07 Å². The van der Waals surface area contributed by atoms with E-state index in [9.17, 15) is 4.79 Å². The Morgan fingerprint density at radius 1 is 1.43 bits per heavy atom. The Morgan fingerprint density at radius 2 is 2.21 bits per heavy atom. The Bertz CT molecular complexity index is 385. The van der Waals surface area contributed by atoms with Crippen LogP contribution in [0.25, 0.3) is 0 Å². The molecule has 0 atom stereocenters. The van der Waals surface area contributed by atoms with Crippen LogP contribution >= 0.6 is 0 Å². The summed E-state index contributed by atoms with van der Waals surface area (Å²) >= 11 is 0. The molecular formula is C11H13NO2. The number of rotatable bonds is 2. The molecule has 0 aliphatic heterocycles. The lowest BCUT2D eigenvalue weighted by Gasteiger charge is -2.10. The molecule has 0 heterocycles. The number of carbonyl (C=O) groups is 1. The Hall–Kier alpha value is -1.51. The number of aryl methyl sites for hydroxylation is 1. The van der Waals surface area contributed by atoms with E-state index >= 15 is 0 Å². The highest BCUT2D eigenvalue weighted by molar-refractivity contribution is 5.97. The van der Waals surface area contributed by atoms with Crippen LogP contribution < -0.4 is 10.5 Å². The maximum atomic E-state index is 11.3. The number of hydrogen-bond acceptors (Lipinski definition) is 2. The topological polar surface area (TPSA) is 52.3 Å². The second kappa shape index (κ2) is 3.33. The van der Waals surface area contributed by atoms with Gasteiger partial charge in [-0.3, -0.25) is 4.79 Å². The van der Waals surface area contributed by atoms with Gasteiger partial charge in [0.1, 0.15) is 5.75 Å². The van der Waals surface area contributed by atoms with Gasteiger partial charge in [-0.25, -0.2) is 0 Å². The lowest BCUT2D eigenvalue weighted by molar-refractivity contribution is 0.0996. The smallest absolute Gasteiger partial charge is 0.252 e. The van der Waals surface area contributed by atoms with E-state index in [1.807, 2.05) is 12.1 Å². The lowest BCUT2D eigenvalue weighted by Crippen LogP contribution is -2.15. The van der Waals surface area contributed by atoms with Crippen LogP contribution in [0.4, 0.5) is 0 Å². The molecule has 1 aliphatic carbocycles. The van der Waals surface area contributed by atoms with Crippen molar-refractivity contribution in [3.05, 3.63) is 28.8 Å². The van der Waals surface area contributed by atoms with Crippen LogP contribution in [0.2, 0.25) is 0 Å². The first-order chi connectivity index (χ1) is 6.74. The first kappa shape index (κ1) is 9.06. The number of methoxy groups -OCH3 is 1. The average molecular weight is 191 g/mol. The van der Waals surface area contributed by atoms with Crippen LogP contribution in [0.5, 0.6) is 5.75 Å². The number of amides is 1. The first-order valence-electron chi connectivity index (χ1n) is 4.72. The number of primary amides is 1. The number of fused-ring (bicyclic) bond motifs is 1. The minimum absolute atomic E-state index is 0.388. The molecule has 3 heteroatoms. The molecule has 0 aromatic heterocycles. The fourth-order valence-corrected chi connectivity index (χ4v) is 2.09. The van der Waals surface area contributed by atoms with E-state index < -0.39 is 0 Å². The van der Waals surface area contributed by atoms with Gasteiger partial charge in [-0.15, -0.1) is 0 Å². The zero-order valence-electron chi connectivity index (χ0n) is 8.17. The minimum atomic E-state index is -0.388. The van der Waals surface area contributed by atoms with Crippen molar-refractivity contribution in [2.75, 3.05) is 7.11 Å². The van der Waals surface area contributed by atoms with Gasteiger partial charge in [-0.2, -0.15) is 0 Å². The Balaban J connectivity index is 2.62. The molecule has 0 unspecified atom stereocenters. The second-order valence-electron chi connectivity index (χ2n) is 3.50. The summed E-state index contributed by atoms with van der Waals surface area (Å²) in [6.45, 7) is 0. The van der Waals surface area contributed by atoms with Gasteiger partial charge in [0.05, 0.1) is 12.7 Å². The third-order valence-electron chi connectivity index (χ3n) is 2.71. The zero-order valence-corrected chi connectivity index (χ0v) is 8.17. The normalized spacial score (nSPS) is 13.8. The number of hydrogen-bond donors (Lipinski definition) is 1.